The Bertz CT molecular complexity index is 462. The molecule has 0 aliphatic rings. The molecule has 0 aromatic heterocycles. The molecule has 0 heterocycles. The Morgan fingerprint density at radius 1 is 1.44 bits per heavy atom. The number of nitro groups is 1. The van der Waals surface area contributed by atoms with Crippen LogP contribution in [-0.2, 0) is 0 Å². The zero-order chi connectivity index (χ0) is 13.5. The molecule has 0 amide bonds. The standard InChI is InChI=1S/C13H16N2O3/c1-3-10(4-2)9-18-12-6-5-11(8-14)13(7-12)15(16)17/h5-7,10H,3-4,9H2,1-2H3. The molecule has 0 spiro atoms. The minimum absolute atomic E-state index is 0.0508. The van der Waals surface area contributed by atoms with Crippen LogP contribution in [0.3, 0.4) is 0 Å². The van der Waals surface area contributed by atoms with Gasteiger partial charge >= 0.3 is 0 Å². The number of nitro benzene ring substituents is 1. The second-order valence-electron chi connectivity index (χ2n) is 4.04. The molecule has 0 aliphatic heterocycles. The SMILES string of the molecule is CCC(CC)COc1ccc(C#N)c([N+](=O)[O-])c1. The molecule has 1 rings (SSSR count). The van der Waals surface area contributed by atoms with Crippen LogP contribution in [0.1, 0.15) is 32.3 Å². The van der Waals surface area contributed by atoms with Gasteiger partial charge in [-0.1, -0.05) is 26.7 Å². The molecule has 18 heavy (non-hydrogen) atoms. The van der Waals surface area contributed by atoms with E-state index in [1.54, 1.807) is 12.1 Å². The molecule has 0 bridgehead atoms. The number of ether oxygens (including phenoxy) is 1. The van der Waals surface area contributed by atoms with Crippen molar-refractivity contribution in [3.05, 3.63) is 33.9 Å². The molecular weight excluding hydrogens is 232 g/mol. The Labute approximate surface area is 106 Å². The van der Waals surface area contributed by atoms with Crippen LogP contribution in [0.15, 0.2) is 18.2 Å². The lowest BCUT2D eigenvalue weighted by molar-refractivity contribution is -0.385. The third kappa shape index (κ3) is 3.45. The van der Waals surface area contributed by atoms with Gasteiger partial charge in [0.05, 0.1) is 17.6 Å². The Kier molecular flexibility index (Phi) is 5.12. The Morgan fingerprint density at radius 3 is 2.61 bits per heavy atom. The van der Waals surface area contributed by atoms with Gasteiger partial charge in [0.2, 0.25) is 0 Å². The zero-order valence-electron chi connectivity index (χ0n) is 10.5. The van der Waals surface area contributed by atoms with Crippen molar-refractivity contribution in [3.63, 3.8) is 0 Å². The van der Waals surface area contributed by atoms with Crippen LogP contribution in [0.5, 0.6) is 5.75 Å². The van der Waals surface area contributed by atoms with Crippen LogP contribution in [0.4, 0.5) is 5.69 Å². The average Bonchev–Trinajstić information content (AvgIpc) is 2.39. The van der Waals surface area contributed by atoms with Gasteiger partial charge in [-0.25, -0.2) is 0 Å². The summed E-state index contributed by atoms with van der Waals surface area (Å²) in [4.78, 5) is 10.2. The number of hydrogen-bond donors (Lipinski definition) is 0. The Hall–Kier alpha value is -2.09. The smallest absolute Gasteiger partial charge is 0.290 e. The van der Waals surface area contributed by atoms with E-state index in [1.165, 1.54) is 12.1 Å². The highest BCUT2D eigenvalue weighted by molar-refractivity contribution is 5.52. The Balaban J connectivity index is 2.83. The van der Waals surface area contributed by atoms with Crippen LogP contribution in [-0.4, -0.2) is 11.5 Å². The molecule has 0 atom stereocenters. The third-order valence-corrected chi connectivity index (χ3v) is 2.93. The van der Waals surface area contributed by atoms with Gasteiger partial charge in [0.1, 0.15) is 17.4 Å². The maximum absolute atomic E-state index is 10.8. The third-order valence-electron chi connectivity index (χ3n) is 2.93. The van der Waals surface area contributed by atoms with Crippen LogP contribution in [0, 0.1) is 27.4 Å². The topological polar surface area (TPSA) is 76.2 Å². The first-order valence-corrected chi connectivity index (χ1v) is 5.93. The zero-order valence-corrected chi connectivity index (χ0v) is 10.5. The van der Waals surface area contributed by atoms with Gasteiger partial charge in [0.25, 0.3) is 5.69 Å². The van der Waals surface area contributed by atoms with Crippen LogP contribution in [0.2, 0.25) is 0 Å². The van der Waals surface area contributed by atoms with Crippen molar-refractivity contribution in [1.82, 2.24) is 0 Å². The second-order valence-corrected chi connectivity index (χ2v) is 4.04. The summed E-state index contributed by atoms with van der Waals surface area (Å²) in [6.07, 6.45) is 2.02. The average molecular weight is 248 g/mol. The van der Waals surface area contributed by atoms with Gasteiger partial charge in [-0.15, -0.1) is 0 Å². The molecule has 5 nitrogen and oxygen atoms in total. The number of nitriles is 1. The molecule has 5 heteroatoms. The molecule has 0 aliphatic carbocycles. The summed E-state index contributed by atoms with van der Waals surface area (Å²) in [6.45, 7) is 4.70. The number of nitrogens with zero attached hydrogens (tertiary/aromatic N) is 2. The van der Waals surface area contributed by atoms with E-state index in [0.717, 1.165) is 12.8 Å². The fraction of sp³-hybridized carbons (Fsp3) is 0.462. The number of benzene rings is 1. The van der Waals surface area contributed by atoms with Gasteiger partial charge in [-0.3, -0.25) is 10.1 Å². The van der Waals surface area contributed by atoms with Crippen molar-refractivity contribution in [3.8, 4) is 11.8 Å². The van der Waals surface area contributed by atoms with Crippen molar-refractivity contribution in [2.75, 3.05) is 6.61 Å². The predicted molar refractivity (Wildman–Crippen MR) is 67.4 cm³/mol. The van der Waals surface area contributed by atoms with Crippen molar-refractivity contribution in [2.24, 2.45) is 5.92 Å². The summed E-state index contributed by atoms with van der Waals surface area (Å²) in [6, 6.07) is 6.11. The van der Waals surface area contributed by atoms with E-state index in [2.05, 4.69) is 13.8 Å². The molecule has 1 aromatic carbocycles. The summed E-state index contributed by atoms with van der Waals surface area (Å²) >= 11 is 0. The minimum atomic E-state index is -0.567. The van der Waals surface area contributed by atoms with Crippen molar-refractivity contribution >= 4 is 5.69 Å². The molecule has 0 saturated heterocycles. The first kappa shape index (κ1) is 14.0. The fourth-order valence-electron chi connectivity index (χ4n) is 1.59. The van der Waals surface area contributed by atoms with E-state index < -0.39 is 4.92 Å². The highest BCUT2D eigenvalue weighted by Gasteiger charge is 2.15. The highest BCUT2D eigenvalue weighted by Crippen LogP contribution is 2.24. The number of rotatable bonds is 6. The molecule has 1 aromatic rings. The predicted octanol–water partition coefficient (Wildman–Crippen LogP) is 3.28. The van der Waals surface area contributed by atoms with E-state index in [-0.39, 0.29) is 11.3 Å². The maximum atomic E-state index is 10.8. The molecule has 0 N–H and O–H groups in total. The molecule has 96 valence electrons. The van der Waals surface area contributed by atoms with E-state index in [0.29, 0.717) is 18.3 Å². The maximum Gasteiger partial charge on any atom is 0.290 e. The van der Waals surface area contributed by atoms with Crippen molar-refractivity contribution in [2.45, 2.75) is 26.7 Å². The summed E-state index contributed by atoms with van der Waals surface area (Å²) < 4.78 is 5.53. The first-order valence-electron chi connectivity index (χ1n) is 5.93. The van der Waals surface area contributed by atoms with Crippen LogP contribution >= 0.6 is 0 Å². The second kappa shape index (κ2) is 6.60. The minimum Gasteiger partial charge on any atom is -0.493 e. The lowest BCUT2D eigenvalue weighted by atomic mass is 10.1. The molecular formula is C13H16N2O3. The van der Waals surface area contributed by atoms with E-state index in [4.69, 9.17) is 10.00 Å². The fourth-order valence-corrected chi connectivity index (χ4v) is 1.59. The van der Waals surface area contributed by atoms with E-state index in [9.17, 15) is 10.1 Å². The molecule has 0 radical (unpaired) electrons. The van der Waals surface area contributed by atoms with Gasteiger partial charge < -0.3 is 4.74 Å². The van der Waals surface area contributed by atoms with E-state index in [1.807, 2.05) is 0 Å². The van der Waals surface area contributed by atoms with Crippen molar-refractivity contribution in [1.29, 1.82) is 5.26 Å². The lowest BCUT2D eigenvalue weighted by Gasteiger charge is -2.13. The lowest BCUT2D eigenvalue weighted by Crippen LogP contribution is -2.10. The molecule has 0 fully saturated rings. The van der Waals surface area contributed by atoms with E-state index >= 15 is 0 Å². The molecule has 0 unspecified atom stereocenters. The van der Waals surface area contributed by atoms with Crippen molar-refractivity contribution < 1.29 is 9.66 Å². The van der Waals surface area contributed by atoms with Crippen LogP contribution in [0.25, 0.3) is 0 Å². The highest BCUT2D eigenvalue weighted by atomic mass is 16.6. The van der Waals surface area contributed by atoms with Gasteiger partial charge in [-0.05, 0) is 18.1 Å². The molecule has 0 saturated carbocycles. The largest absolute Gasteiger partial charge is 0.493 e. The van der Waals surface area contributed by atoms with Crippen LogP contribution < -0.4 is 4.74 Å². The summed E-state index contributed by atoms with van der Waals surface area (Å²) in [5.41, 5.74) is -0.158. The summed E-state index contributed by atoms with van der Waals surface area (Å²) in [5, 5.41) is 19.5. The Morgan fingerprint density at radius 2 is 2.11 bits per heavy atom. The summed E-state index contributed by atoms with van der Waals surface area (Å²) in [7, 11) is 0. The normalized spacial score (nSPS) is 10.1. The first-order chi connectivity index (χ1) is 8.62. The quantitative estimate of drug-likeness (QED) is 0.571. The van der Waals surface area contributed by atoms with Gasteiger partial charge in [0.15, 0.2) is 0 Å². The monoisotopic (exact) mass is 248 g/mol. The van der Waals surface area contributed by atoms with Gasteiger partial charge in [0, 0.05) is 0 Å². The number of hydrogen-bond acceptors (Lipinski definition) is 4. The summed E-state index contributed by atoms with van der Waals surface area (Å²) in [5.74, 6) is 0.882. The van der Waals surface area contributed by atoms with Gasteiger partial charge in [-0.2, -0.15) is 5.26 Å².